The topological polar surface area (TPSA) is 115 Å². The number of amides is 2. The van der Waals surface area contributed by atoms with Crippen molar-refractivity contribution in [2.45, 2.75) is 56.6 Å². The molecule has 2 amide bonds. The van der Waals surface area contributed by atoms with E-state index in [0.717, 1.165) is 35.3 Å². The molecule has 40 heavy (non-hydrogen) atoms. The second-order valence-electron chi connectivity index (χ2n) is 9.16. The molecule has 0 saturated carbocycles. The number of nitrogens with one attached hydrogen (secondary N) is 2. The second kappa shape index (κ2) is 12.8. The zero-order valence-electron chi connectivity index (χ0n) is 22.1. The molecular formula is C28H29N5O4S3. The minimum absolute atomic E-state index is 0.175. The highest BCUT2D eigenvalue weighted by molar-refractivity contribution is 8.00. The maximum absolute atomic E-state index is 13.3. The Balaban J connectivity index is 1.33. The zero-order chi connectivity index (χ0) is 28.1. The van der Waals surface area contributed by atoms with E-state index in [4.69, 9.17) is 4.74 Å². The Labute approximate surface area is 244 Å². The predicted molar refractivity (Wildman–Crippen MR) is 157 cm³/mol. The van der Waals surface area contributed by atoms with E-state index in [-0.39, 0.29) is 25.0 Å². The third-order valence-corrected chi connectivity index (χ3v) is 9.57. The van der Waals surface area contributed by atoms with Gasteiger partial charge in [0.05, 0.1) is 35.4 Å². The summed E-state index contributed by atoms with van der Waals surface area (Å²) in [6, 6.07) is 13.5. The largest absolute Gasteiger partial charge is 0.462 e. The fourth-order valence-electron chi connectivity index (χ4n) is 4.45. The summed E-state index contributed by atoms with van der Waals surface area (Å²) in [6.45, 7) is 4.52. The number of thioether (sulfide) groups is 1. The summed E-state index contributed by atoms with van der Waals surface area (Å²) in [7, 11) is 0. The van der Waals surface area contributed by atoms with Gasteiger partial charge < -0.3 is 19.9 Å². The Hall–Kier alpha value is -3.48. The number of aromatic nitrogens is 3. The first-order valence-electron chi connectivity index (χ1n) is 13.0. The van der Waals surface area contributed by atoms with Gasteiger partial charge in [0.1, 0.15) is 5.00 Å². The fourth-order valence-corrected chi connectivity index (χ4v) is 7.24. The average molecular weight is 596 g/mol. The van der Waals surface area contributed by atoms with Crippen molar-refractivity contribution in [1.82, 2.24) is 20.1 Å². The van der Waals surface area contributed by atoms with Crippen molar-refractivity contribution in [2.24, 2.45) is 0 Å². The summed E-state index contributed by atoms with van der Waals surface area (Å²) in [5, 5.41) is 17.0. The summed E-state index contributed by atoms with van der Waals surface area (Å²) >= 11 is 4.11. The lowest BCUT2D eigenvalue weighted by Gasteiger charge is -2.14. The molecule has 4 aromatic rings. The number of anilines is 1. The van der Waals surface area contributed by atoms with Gasteiger partial charge in [-0.15, -0.1) is 32.9 Å². The van der Waals surface area contributed by atoms with Gasteiger partial charge in [0.15, 0.2) is 11.0 Å². The zero-order valence-corrected chi connectivity index (χ0v) is 24.6. The summed E-state index contributed by atoms with van der Waals surface area (Å²) in [5.41, 5.74) is 2.52. The van der Waals surface area contributed by atoms with E-state index >= 15 is 0 Å². The Bertz CT molecular complexity index is 1500. The number of thiophene rings is 2. The van der Waals surface area contributed by atoms with Crippen molar-refractivity contribution in [3.05, 3.63) is 80.1 Å². The van der Waals surface area contributed by atoms with Crippen LogP contribution >= 0.6 is 34.4 Å². The van der Waals surface area contributed by atoms with Crippen LogP contribution in [-0.2, 0) is 35.5 Å². The Morgan fingerprint density at radius 2 is 1.95 bits per heavy atom. The minimum Gasteiger partial charge on any atom is -0.462 e. The molecule has 1 aliphatic carbocycles. The monoisotopic (exact) mass is 595 g/mol. The van der Waals surface area contributed by atoms with Crippen LogP contribution in [-0.4, -0.2) is 44.4 Å². The van der Waals surface area contributed by atoms with Crippen LogP contribution in [0.5, 0.6) is 0 Å². The molecule has 0 spiro atoms. The minimum atomic E-state index is -0.528. The van der Waals surface area contributed by atoms with Crippen LogP contribution in [0.2, 0.25) is 0 Å². The number of hydrogen-bond donors (Lipinski definition) is 2. The molecule has 0 unspecified atom stereocenters. The molecule has 0 saturated heterocycles. The smallest absolute Gasteiger partial charge is 0.341 e. The number of carbonyl (C=O) groups is 3. The van der Waals surface area contributed by atoms with Crippen LogP contribution in [0.25, 0.3) is 0 Å². The number of esters is 1. The van der Waals surface area contributed by atoms with Crippen molar-refractivity contribution in [3.8, 4) is 0 Å². The number of carbonyl (C=O) groups excluding carboxylic acids is 3. The molecule has 0 bridgehead atoms. The lowest BCUT2D eigenvalue weighted by molar-refractivity contribution is -0.115. The second-order valence-corrected chi connectivity index (χ2v) is 12.5. The van der Waals surface area contributed by atoms with Gasteiger partial charge in [-0.25, -0.2) is 4.79 Å². The van der Waals surface area contributed by atoms with Crippen LogP contribution in [0.4, 0.5) is 5.00 Å². The highest BCUT2D eigenvalue weighted by atomic mass is 32.2. The van der Waals surface area contributed by atoms with Gasteiger partial charge in [0.2, 0.25) is 5.91 Å². The van der Waals surface area contributed by atoms with E-state index in [0.29, 0.717) is 33.0 Å². The van der Waals surface area contributed by atoms with E-state index in [1.165, 1.54) is 34.4 Å². The number of rotatable bonds is 11. The molecular weight excluding hydrogens is 567 g/mol. The molecule has 0 radical (unpaired) electrons. The van der Waals surface area contributed by atoms with E-state index in [1.54, 1.807) is 19.9 Å². The van der Waals surface area contributed by atoms with E-state index in [1.807, 2.05) is 46.3 Å². The van der Waals surface area contributed by atoms with Crippen LogP contribution in [0.3, 0.4) is 0 Å². The average Bonchev–Trinajstić information content (AvgIpc) is 3.74. The van der Waals surface area contributed by atoms with Gasteiger partial charge >= 0.3 is 5.97 Å². The standard InChI is InChI=1S/C28H29N5O4S3/c1-3-37-27(36)23-19-11-7-12-20(19)40-26(23)30-24(34)17(2)39-28-32-31-22(15-29-25(35)21-13-8-14-38-21)33(28)16-18-9-5-4-6-10-18/h4-6,8-10,13-14,17H,3,7,11-12,15-16H2,1-2H3,(H,29,35)(H,30,34)/t17-/m1/s1. The molecule has 3 aromatic heterocycles. The third-order valence-electron chi connectivity index (χ3n) is 6.42. The number of benzene rings is 1. The predicted octanol–water partition coefficient (Wildman–Crippen LogP) is 5.16. The van der Waals surface area contributed by atoms with Crippen LogP contribution in [0.1, 0.15) is 62.1 Å². The molecule has 1 aromatic carbocycles. The van der Waals surface area contributed by atoms with Gasteiger partial charge in [-0.1, -0.05) is 48.2 Å². The normalized spacial score (nSPS) is 13.1. The molecule has 3 heterocycles. The first-order chi connectivity index (χ1) is 19.4. The molecule has 208 valence electrons. The maximum Gasteiger partial charge on any atom is 0.341 e. The van der Waals surface area contributed by atoms with E-state index < -0.39 is 11.2 Å². The molecule has 2 N–H and O–H groups in total. The van der Waals surface area contributed by atoms with Gasteiger partial charge in [0, 0.05) is 4.88 Å². The highest BCUT2D eigenvalue weighted by Crippen LogP contribution is 2.40. The van der Waals surface area contributed by atoms with Crippen molar-refractivity contribution in [3.63, 3.8) is 0 Å². The van der Waals surface area contributed by atoms with Gasteiger partial charge in [-0.2, -0.15) is 0 Å². The number of ether oxygens (including phenoxy) is 1. The van der Waals surface area contributed by atoms with Gasteiger partial charge in [-0.3, -0.25) is 9.59 Å². The SMILES string of the molecule is CCOC(=O)c1c(NC(=O)[C@@H](C)Sc2nnc(CNC(=O)c3cccs3)n2Cc2ccccc2)sc2c1CCC2. The maximum atomic E-state index is 13.3. The fraction of sp³-hybridized carbons (Fsp3) is 0.321. The first-order valence-corrected chi connectivity index (χ1v) is 15.6. The molecule has 0 aliphatic heterocycles. The Morgan fingerprint density at radius 1 is 1.12 bits per heavy atom. The Kier molecular flexibility index (Phi) is 8.98. The highest BCUT2D eigenvalue weighted by Gasteiger charge is 2.30. The molecule has 5 rings (SSSR count). The van der Waals surface area contributed by atoms with E-state index in [9.17, 15) is 14.4 Å². The summed E-state index contributed by atoms with van der Waals surface area (Å²) in [6.07, 6.45) is 2.72. The number of fused-ring (bicyclic) bond motifs is 1. The Morgan fingerprint density at radius 3 is 2.70 bits per heavy atom. The molecule has 9 nitrogen and oxygen atoms in total. The number of aryl methyl sites for hydroxylation is 1. The molecule has 1 atom stereocenters. The van der Waals surface area contributed by atoms with Gasteiger partial charge in [0.25, 0.3) is 5.91 Å². The number of hydrogen-bond acceptors (Lipinski definition) is 9. The van der Waals surface area contributed by atoms with Crippen LogP contribution < -0.4 is 10.6 Å². The summed E-state index contributed by atoms with van der Waals surface area (Å²) in [4.78, 5) is 40.3. The molecule has 0 fully saturated rings. The van der Waals surface area contributed by atoms with Gasteiger partial charge in [-0.05, 0) is 55.7 Å². The third kappa shape index (κ3) is 6.29. The summed E-state index contributed by atoms with van der Waals surface area (Å²) < 4.78 is 7.21. The van der Waals surface area contributed by atoms with Crippen LogP contribution in [0, 0.1) is 0 Å². The van der Waals surface area contributed by atoms with E-state index in [2.05, 4.69) is 20.8 Å². The van der Waals surface area contributed by atoms with Crippen molar-refractivity contribution >= 4 is 57.2 Å². The lowest BCUT2D eigenvalue weighted by atomic mass is 10.1. The summed E-state index contributed by atoms with van der Waals surface area (Å²) in [5.74, 6) is -0.221. The number of nitrogens with zero attached hydrogens (tertiary/aromatic N) is 3. The van der Waals surface area contributed by atoms with Crippen molar-refractivity contribution in [2.75, 3.05) is 11.9 Å². The molecule has 12 heteroatoms. The molecule has 1 aliphatic rings. The quantitative estimate of drug-likeness (QED) is 0.182. The van der Waals surface area contributed by atoms with Crippen molar-refractivity contribution < 1.29 is 19.1 Å². The van der Waals surface area contributed by atoms with Crippen molar-refractivity contribution in [1.29, 1.82) is 0 Å². The first kappa shape index (κ1) is 28.1. The lowest BCUT2D eigenvalue weighted by Crippen LogP contribution is -2.25. The van der Waals surface area contributed by atoms with Crippen LogP contribution in [0.15, 0.2) is 53.0 Å².